The highest BCUT2D eigenvalue weighted by Crippen LogP contribution is 2.39. The maximum atomic E-state index is 14.2. The first kappa shape index (κ1) is 23.3. The van der Waals surface area contributed by atoms with Crippen LogP contribution in [0.1, 0.15) is 66.0 Å². The lowest BCUT2D eigenvalue weighted by Gasteiger charge is -2.20. The van der Waals surface area contributed by atoms with Gasteiger partial charge in [-0.2, -0.15) is 0 Å². The van der Waals surface area contributed by atoms with Crippen LogP contribution in [-0.2, 0) is 11.2 Å². The number of aromatic nitrogens is 3. The van der Waals surface area contributed by atoms with Crippen LogP contribution in [-0.4, -0.2) is 44.9 Å². The first-order valence-electron chi connectivity index (χ1n) is 11.7. The predicted octanol–water partition coefficient (Wildman–Crippen LogP) is 4.21. The zero-order chi connectivity index (χ0) is 24.7. The van der Waals surface area contributed by atoms with Crippen LogP contribution in [0, 0.1) is 5.92 Å². The van der Waals surface area contributed by atoms with Gasteiger partial charge in [0.05, 0.1) is 11.7 Å². The van der Waals surface area contributed by atoms with Crippen molar-refractivity contribution in [2.75, 3.05) is 6.61 Å². The maximum absolute atomic E-state index is 14.2. The van der Waals surface area contributed by atoms with Gasteiger partial charge in [-0.05, 0) is 31.4 Å². The quantitative estimate of drug-likeness (QED) is 0.458. The topological polar surface area (TPSA) is 85.6 Å². The van der Waals surface area contributed by atoms with E-state index in [0.29, 0.717) is 29.3 Å². The minimum absolute atomic E-state index is 0.0251. The normalized spacial score (nSPS) is 22.1. The van der Waals surface area contributed by atoms with Crippen LogP contribution in [0.15, 0.2) is 36.7 Å². The molecule has 1 amide bonds. The molecule has 0 radical (unpaired) electrons. The number of nitrogens with zero attached hydrogens (tertiary/aromatic N) is 3. The summed E-state index contributed by atoms with van der Waals surface area (Å²) in [7, 11) is 0. The third-order valence-electron chi connectivity index (χ3n) is 6.64. The van der Waals surface area contributed by atoms with Crippen molar-refractivity contribution in [1.82, 2.24) is 19.7 Å². The van der Waals surface area contributed by atoms with Crippen LogP contribution in [0.25, 0.3) is 5.65 Å². The lowest BCUT2D eigenvalue weighted by molar-refractivity contribution is -0.123. The van der Waals surface area contributed by atoms with Gasteiger partial charge in [0.15, 0.2) is 12.0 Å². The van der Waals surface area contributed by atoms with Crippen molar-refractivity contribution in [3.8, 4) is 5.75 Å². The van der Waals surface area contributed by atoms with Crippen LogP contribution < -0.4 is 10.1 Å². The first-order valence-corrected chi connectivity index (χ1v) is 11.7. The summed E-state index contributed by atoms with van der Waals surface area (Å²) >= 11 is 0. The molecule has 5 rings (SSSR count). The van der Waals surface area contributed by atoms with Gasteiger partial charge in [0, 0.05) is 42.3 Å². The smallest absolute Gasteiger partial charge is 0.280 e. The molecule has 1 saturated heterocycles. The van der Waals surface area contributed by atoms with Crippen molar-refractivity contribution in [2.45, 2.75) is 57.2 Å². The molecule has 1 aliphatic heterocycles. The van der Waals surface area contributed by atoms with Gasteiger partial charge in [0.2, 0.25) is 0 Å². The summed E-state index contributed by atoms with van der Waals surface area (Å²) in [5, 5.41) is 2.63. The van der Waals surface area contributed by atoms with Gasteiger partial charge in [-0.1, -0.05) is 13.0 Å². The van der Waals surface area contributed by atoms with E-state index in [0.717, 1.165) is 18.5 Å². The maximum Gasteiger partial charge on any atom is 0.280 e. The van der Waals surface area contributed by atoms with Gasteiger partial charge < -0.3 is 14.5 Å². The summed E-state index contributed by atoms with van der Waals surface area (Å²) < 4.78 is 48.1. The number of fused-ring (bicyclic) bond motifs is 1. The Hall–Kier alpha value is -3.43. The molecular formula is C25H25F3N4O3. The number of Topliss-reactive ketones (excluding diaryl/α,β-unsaturated/α-hetero) is 1. The highest BCUT2D eigenvalue weighted by molar-refractivity contribution is 5.96. The Balaban J connectivity index is 1.43. The minimum Gasteiger partial charge on any atom is -0.491 e. The second kappa shape index (κ2) is 9.31. The second-order valence-electron chi connectivity index (χ2n) is 9.12. The number of carbonyl (C=O) groups excluding carboxylic acids is 2. The van der Waals surface area contributed by atoms with Gasteiger partial charge in [0.1, 0.15) is 29.4 Å². The summed E-state index contributed by atoms with van der Waals surface area (Å²) in [6.45, 7) is 1.84. The zero-order valence-corrected chi connectivity index (χ0v) is 19.1. The molecule has 1 saturated carbocycles. The Morgan fingerprint density at radius 1 is 1.26 bits per heavy atom. The average Bonchev–Trinajstić information content (AvgIpc) is 3.56. The van der Waals surface area contributed by atoms with Gasteiger partial charge >= 0.3 is 0 Å². The SMILES string of the molecule is CC[C@@H]1[C@H](F)C(=O)N[C@@H]1COc1cc2nc(C3CC3)cn2cc1CC(=O)c1cccc(C(F)F)n1. The van der Waals surface area contributed by atoms with E-state index < -0.39 is 41.9 Å². The predicted molar refractivity (Wildman–Crippen MR) is 120 cm³/mol. The monoisotopic (exact) mass is 486 g/mol. The third-order valence-corrected chi connectivity index (χ3v) is 6.64. The van der Waals surface area contributed by atoms with Gasteiger partial charge in [0.25, 0.3) is 12.3 Å². The second-order valence-corrected chi connectivity index (χ2v) is 9.12. The Bertz CT molecular complexity index is 1270. The summed E-state index contributed by atoms with van der Waals surface area (Å²) in [5.41, 5.74) is 1.59. The standard InChI is InChI=1S/C25H25F3N4O3/c1-2-15-19(31-25(34)23(15)26)12-35-21-9-22-30-18(13-6-7-13)11-32(22)10-14(21)8-20(33)16-4-3-5-17(29-16)24(27)28/h3-5,9-11,13,15,19,23-24H,2,6-8,12H2,1H3,(H,31,34)/t15-,19+,23-/m0/s1. The van der Waals surface area contributed by atoms with Crippen LogP contribution in [0.4, 0.5) is 13.2 Å². The average molecular weight is 486 g/mol. The fourth-order valence-corrected chi connectivity index (χ4v) is 4.52. The molecule has 184 valence electrons. The molecule has 1 aliphatic carbocycles. The van der Waals surface area contributed by atoms with Crippen molar-refractivity contribution >= 4 is 17.3 Å². The van der Waals surface area contributed by atoms with Gasteiger partial charge in [-0.15, -0.1) is 0 Å². The number of hydrogen-bond acceptors (Lipinski definition) is 5. The number of pyridine rings is 2. The Labute approximate surface area is 199 Å². The number of amides is 1. The van der Waals surface area contributed by atoms with Crippen molar-refractivity contribution in [3.63, 3.8) is 0 Å². The highest BCUT2D eigenvalue weighted by atomic mass is 19.3. The molecule has 10 heteroatoms. The number of alkyl halides is 3. The van der Waals surface area contributed by atoms with Crippen LogP contribution in [0.3, 0.4) is 0 Å². The summed E-state index contributed by atoms with van der Waals surface area (Å²) in [6, 6.07) is 5.15. The number of ether oxygens (including phenoxy) is 1. The lowest BCUT2D eigenvalue weighted by Crippen LogP contribution is -2.35. The highest BCUT2D eigenvalue weighted by Gasteiger charge is 2.41. The molecule has 3 aromatic heterocycles. The van der Waals surface area contributed by atoms with Crippen molar-refractivity contribution in [2.24, 2.45) is 5.92 Å². The number of rotatable bonds is 9. The molecular weight excluding hydrogens is 461 g/mol. The molecule has 0 unspecified atom stereocenters. The number of halogens is 3. The Morgan fingerprint density at radius 3 is 2.77 bits per heavy atom. The lowest BCUT2D eigenvalue weighted by atomic mass is 9.97. The minimum atomic E-state index is -2.78. The van der Waals surface area contributed by atoms with E-state index in [1.54, 1.807) is 12.3 Å². The number of nitrogens with one attached hydrogen (secondary N) is 1. The fraction of sp³-hybridized carbons (Fsp3) is 0.440. The third kappa shape index (κ3) is 4.74. The molecule has 0 aromatic carbocycles. The van der Waals surface area contributed by atoms with Crippen LogP contribution in [0.2, 0.25) is 0 Å². The first-order chi connectivity index (χ1) is 16.8. The molecule has 35 heavy (non-hydrogen) atoms. The molecule has 4 heterocycles. The van der Waals surface area contributed by atoms with Crippen LogP contribution in [0.5, 0.6) is 5.75 Å². The summed E-state index contributed by atoms with van der Waals surface area (Å²) in [5.74, 6) is -0.806. The van der Waals surface area contributed by atoms with E-state index in [1.165, 1.54) is 18.2 Å². The number of hydrogen-bond donors (Lipinski definition) is 1. The molecule has 0 spiro atoms. The van der Waals surface area contributed by atoms with Crippen molar-refractivity contribution in [1.29, 1.82) is 0 Å². The summed E-state index contributed by atoms with van der Waals surface area (Å²) in [6.07, 6.45) is 1.77. The van der Waals surface area contributed by atoms with E-state index in [1.807, 2.05) is 17.5 Å². The van der Waals surface area contributed by atoms with Gasteiger partial charge in [-0.25, -0.2) is 23.1 Å². The van der Waals surface area contributed by atoms with E-state index >= 15 is 0 Å². The van der Waals surface area contributed by atoms with E-state index in [2.05, 4.69) is 15.3 Å². The number of carbonyl (C=O) groups is 2. The largest absolute Gasteiger partial charge is 0.491 e. The van der Waals surface area contributed by atoms with E-state index in [4.69, 9.17) is 4.74 Å². The molecule has 0 bridgehead atoms. The van der Waals surface area contributed by atoms with Crippen LogP contribution >= 0.6 is 0 Å². The summed E-state index contributed by atoms with van der Waals surface area (Å²) in [4.78, 5) is 33.2. The van der Waals surface area contributed by atoms with E-state index in [9.17, 15) is 22.8 Å². The molecule has 1 N–H and O–H groups in total. The molecule has 7 nitrogen and oxygen atoms in total. The van der Waals surface area contributed by atoms with Gasteiger partial charge in [-0.3, -0.25) is 9.59 Å². The van der Waals surface area contributed by atoms with E-state index in [-0.39, 0.29) is 18.7 Å². The Kier molecular flexibility index (Phi) is 6.21. The van der Waals surface area contributed by atoms with Crippen molar-refractivity contribution in [3.05, 3.63) is 59.3 Å². The zero-order valence-electron chi connectivity index (χ0n) is 19.1. The number of ketones is 1. The number of imidazole rings is 1. The molecule has 3 aromatic rings. The molecule has 2 aliphatic rings. The van der Waals surface area contributed by atoms with Crippen molar-refractivity contribution < 1.29 is 27.5 Å². The molecule has 2 fully saturated rings. The fourth-order valence-electron chi connectivity index (χ4n) is 4.52. The Morgan fingerprint density at radius 2 is 2.06 bits per heavy atom. The molecule has 3 atom stereocenters.